The lowest BCUT2D eigenvalue weighted by Gasteiger charge is -2.11. The molecule has 2 heteroatoms. The molecule has 86 valence electrons. The van der Waals surface area contributed by atoms with Crippen LogP contribution in [0.2, 0.25) is 0 Å². The summed E-state index contributed by atoms with van der Waals surface area (Å²) in [5.41, 5.74) is 10.7. The fourth-order valence-electron chi connectivity index (χ4n) is 1.53. The fourth-order valence-corrected chi connectivity index (χ4v) is 1.53. The van der Waals surface area contributed by atoms with Gasteiger partial charge in [0.2, 0.25) is 0 Å². The molecule has 0 aliphatic heterocycles. The summed E-state index contributed by atoms with van der Waals surface area (Å²) in [6, 6.07) is 3.67. The molecule has 2 nitrogen and oxygen atoms in total. The number of hydrogen-bond donors (Lipinski definition) is 2. The number of phenols is 1. The molecule has 0 spiro atoms. The molecular weight excluding hydrogens is 198 g/mol. The number of hydrogen-bond acceptors (Lipinski definition) is 2. The number of allylic oxidation sites excluding steroid dienone is 2. The molecule has 1 aromatic rings. The Labute approximate surface area is 97.1 Å². The normalized spacial score (nSPS) is 10.8. The van der Waals surface area contributed by atoms with Gasteiger partial charge in [-0.1, -0.05) is 17.7 Å². The van der Waals surface area contributed by atoms with Crippen LogP contribution in [0.3, 0.4) is 0 Å². The van der Waals surface area contributed by atoms with E-state index < -0.39 is 0 Å². The van der Waals surface area contributed by atoms with Gasteiger partial charge in [0.15, 0.2) is 0 Å². The number of nitrogens with two attached hydrogens (primary N) is 1. The SMILES string of the molecule is C/C=C\c1cc(O)c(C)cc1C(N)=C(C)C. The van der Waals surface area contributed by atoms with Crippen LogP contribution in [0.15, 0.2) is 23.8 Å². The van der Waals surface area contributed by atoms with Crippen molar-refractivity contribution in [2.24, 2.45) is 5.73 Å². The molecular formula is C14H19NO. The highest BCUT2D eigenvalue weighted by molar-refractivity contribution is 5.75. The fraction of sp³-hybridized carbons (Fsp3) is 0.286. The first-order chi connectivity index (χ1) is 7.47. The number of aryl methyl sites for hydroxylation is 1. The minimum absolute atomic E-state index is 0.304. The Morgan fingerprint density at radius 1 is 1.31 bits per heavy atom. The van der Waals surface area contributed by atoms with Crippen molar-refractivity contribution in [2.45, 2.75) is 27.7 Å². The first kappa shape index (κ1) is 12.4. The van der Waals surface area contributed by atoms with Gasteiger partial charge < -0.3 is 10.8 Å². The molecule has 0 aliphatic carbocycles. The van der Waals surface area contributed by atoms with Crippen molar-refractivity contribution in [1.82, 2.24) is 0 Å². The van der Waals surface area contributed by atoms with Gasteiger partial charge >= 0.3 is 0 Å². The highest BCUT2D eigenvalue weighted by Gasteiger charge is 2.07. The van der Waals surface area contributed by atoms with Crippen molar-refractivity contribution in [2.75, 3.05) is 0 Å². The number of benzene rings is 1. The average Bonchev–Trinajstić information content (AvgIpc) is 2.22. The molecule has 0 saturated carbocycles. The lowest BCUT2D eigenvalue weighted by Crippen LogP contribution is -2.01. The summed E-state index contributed by atoms with van der Waals surface area (Å²) in [4.78, 5) is 0. The summed E-state index contributed by atoms with van der Waals surface area (Å²) in [7, 11) is 0. The first-order valence-electron chi connectivity index (χ1n) is 5.37. The smallest absolute Gasteiger partial charge is 0.119 e. The maximum atomic E-state index is 9.68. The van der Waals surface area contributed by atoms with Gasteiger partial charge in [-0.2, -0.15) is 0 Å². The van der Waals surface area contributed by atoms with E-state index in [0.717, 1.165) is 28.0 Å². The quantitative estimate of drug-likeness (QED) is 0.797. The van der Waals surface area contributed by atoms with E-state index in [-0.39, 0.29) is 0 Å². The third kappa shape index (κ3) is 2.45. The molecule has 0 bridgehead atoms. The Morgan fingerprint density at radius 2 is 1.94 bits per heavy atom. The van der Waals surface area contributed by atoms with Gasteiger partial charge in [-0.3, -0.25) is 0 Å². The molecule has 0 aliphatic rings. The maximum Gasteiger partial charge on any atom is 0.119 e. The zero-order valence-electron chi connectivity index (χ0n) is 10.3. The van der Waals surface area contributed by atoms with E-state index in [0.29, 0.717) is 5.75 Å². The Kier molecular flexibility index (Phi) is 3.78. The van der Waals surface area contributed by atoms with Crippen LogP contribution in [-0.2, 0) is 0 Å². The molecule has 1 aromatic carbocycles. The van der Waals surface area contributed by atoms with Gasteiger partial charge in [0.05, 0.1) is 0 Å². The monoisotopic (exact) mass is 217 g/mol. The van der Waals surface area contributed by atoms with E-state index in [9.17, 15) is 5.11 Å². The highest BCUT2D eigenvalue weighted by Crippen LogP contribution is 2.27. The number of aromatic hydroxyl groups is 1. The minimum Gasteiger partial charge on any atom is -0.508 e. The summed E-state index contributed by atoms with van der Waals surface area (Å²) in [6.07, 6.45) is 3.89. The van der Waals surface area contributed by atoms with Crippen molar-refractivity contribution >= 4 is 11.8 Å². The van der Waals surface area contributed by atoms with Crippen LogP contribution in [0.5, 0.6) is 5.75 Å². The van der Waals surface area contributed by atoms with E-state index in [1.165, 1.54) is 0 Å². The molecule has 3 N–H and O–H groups in total. The second-order valence-corrected chi connectivity index (χ2v) is 4.14. The van der Waals surface area contributed by atoms with E-state index in [1.54, 1.807) is 6.07 Å². The van der Waals surface area contributed by atoms with Gasteiger partial charge in [-0.15, -0.1) is 0 Å². The third-order valence-corrected chi connectivity index (χ3v) is 2.54. The van der Waals surface area contributed by atoms with E-state index in [1.807, 2.05) is 45.9 Å². The summed E-state index contributed by atoms with van der Waals surface area (Å²) >= 11 is 0. The molecule has 0 atom stereocenters. The predicted molar refractivity (Wildman–Crippen MR) is 70.0 cm³/mol. The van der Waals surface area contributed by atoms with E-state index >= 15 is 0 Å². The third-order valence-electron chi connectivity index (χ3n) is 2.54. The lowest BCUT2D eigenvalue weighted by molar-refractivity contribution is 0.471. The van der Waals surface area contributed by atoms with E-state index in [2.05, 4.69) is 0 Å². The second-order valence-electron chi connectivity index (χ2n) is 4.14. The summed E-state index contributed by atoms with van der Waals surface area (Å²) in [5.74, 6) is 0.304. The van der Waals surface area contributed by atoms with Gasteiger partial charge in [-0.05, 0) is 51.0 Å². The van der Waals surface area contributed by atoms with Crippen LogP contribution in [-0.4, -0.2) is 5.11 Å². The minimum atomic E-state index is 0.304. The van der Waals surface area contributed by atoms with E-state index in [4.69, 9.17) is 5.73 Å². The molecule has 0 radical (unpaired) electrons. The van der Waals surface area contributed by atoms with Crippen LogP contribution < -0.4 is 5.73 Å². The predicted octanol–water partition coefficient (Wildman–Crippen LogP) is 3.44. The van der Waals surface area contributed by atoms with Crippen LogP contribution in [0.4, 0.5) is 0 Å². The molecule has 1 rings (SSSR count). The Morgan fingerprint density at radius 3 is 2.44 bits per heavy atom. The van der Waals surface area contributed by atoms with Crippen molar-refractivity contribution in [3.63, 3.8) is 0 Å². The summed E-state index contributed by atoms with van der Waals surface area (Å²) < 4.78 is 0. The zero-order chi connectivity index (χ0) is 12.3. The molecule has 0 saturated heterocycles. The van der Waals surface area contributed by atoms with Crippen molar-refractivity contribution in [1.29, 1.82) is 0 Å². The van der Waals surface area contributed by atoms with Gasteiger partial charge in [-0.25, -0.2) is 0 Å². The number of phenolic OH excluding ortho intramolecular Hbond substituents is 1. The number of rotatable bonds is 2. The first-order valence-corrected chi connectivity index (χ1v) is 5.37. The molecule has 16 heavy (non-hydrogen) atoms. The van der Waals surface area contributed by atoms with Gasteiger partial charge in [0.25, 0.3) is 0 Å². The second kappa shape index (κ2) is 4.88. The van der Waals surface area contributed by atoms with Gasteiger partial charge in [0, 0.05) is 11.3 Å². The van der Waals surface area contributed by atoms with Gasteiger partial charge in [0.1, 0.15) is 5.75 Å². The van der Waals surface area contributed by atoms with Crippen molar-refractivity contribution < 1.29 is 5.11 Å². The largest absolute Gasteiger partial charge is 0.508 e. The zero-order valence-corrected chi connectivity index (χ0v) is 10.3. The molecule has 0 fully saturated rings. The molecule has 0 heterocycles. The molecule has 0 unspecified atom stereocenters. The summed E-state index contributed by atoms with van der Waals surface area (Å²) in [6.45, 7) is 7.78. The van der Waals surface area contributed by atoms with Crippen LogP contribution in [0.1, 0.15) is 37.5 Å². The average molecular weight is 217 g/mol. The molecule has 0 aromatic heterocycles. The lowest BCUT2D eigenvalue weighted by atomic mass is 9.98. The maximum absolute atomic E-state index is 9.68. The van der Waals surface area contributed by atoms with Crippen molar-refractivity contribution in [3.05, 3.63) is 40.5 Å². The van der Waals surface area contributed by atoms with Crippen LogP contribution in [0, 0.1) is 6.92 Å². The highest BCUT2D eigenvalue weighted by atomic mass is 16.3. The Bertz CT molecular complexity index is 452. The van der Waals surface area contributed by atoms with Crippen molar-refractivity contribution in [3.8, 4) is 5.75 Å². The summed E-state index contributed by atoms with van der Waals surface area (Å²) in [5, 5.41) is 9.68. The Hall–Kier alpha value is -1.70. The topological polar surface area (TPSA) is 46.2 Å². The van der Waals surface area contributed by atoms with Crippen LogP contribution in [0.25, 0.3) is 11.8 Å². The standard InChI is InChI=1S/C14H19NO/c1-5-6-11-8-13(16)10(4)7-12(11)14(15)9(2)3/h5-8,16H,15H2,1-4H3/b6-5-. The Balaban J connectivity index is 3.48. The van der Waals surface area contributed by atoms with Crippen LogP contribution >= 0.6 is 0 Å². The molecule has 0 amide bonds.